The van der Waals surface area contributed by atoms with Gasteiger partial charge in [0.15, 0.2) is 5.78 Å². The zero-order valence-corrected chi connectivity index (χ0v) is 18.9. The Hall–Kier alpha value is -2.15. The van der Waals surface area contributed by atoms with Gasteiger partial charge < -0.3 is 4.74 Å². The van der Waals surface area contributed by atoms with E-state index in [1.807, 2.05) is 20.8 Å². The van der Waals surface area contributed by atoms with Crippen LogP contribution in [0.3, 0.4) is 0 Å². The van der Waals surface area contributed by atoms with Crippen LogP contribution in [-0.2, 0) is 14.3 Å². The molecule has 1 N–H and O–H groups in total. The average Bonchev–Trinajstić information content (AvgIpc) is 2.90. The Labute approximate surface area is 181 Å². The number of halogens is 2. The number of carbonyl (C=O) groups is 3. The fraction of sp³-hybridized carbons (Fsp3) is 0.591. The van der Waals surface area contributed by atoms with Gasteiger partial charge in [-0.25, -0.2) is 19.6 Å². The topological polar surface area (TPSA) is 75.7 Å². The molecule has 3 rings (SSSR count). The number of carbonyl (C=O) groups excluding carboxylic acids is 3. The van der Waals surface area contributed by atoms with Crippen LogP contribution in [0.25, 0.3) is 0 Å². The van der Waals surface area contributed by atoms with E-state index in [2.05, 4.69) is 5.43 Å². The van der Waals surface area contributed by atoms with Crippen molar-refractivity contribution in [2.75, 3.05) is 5.01 Å². The van der Waals surface area contributed by atoms with E-state index in [1.165, 1.54) is 6.07 Å². The number of anilines is 1. The van der Waals surface area contributed by atoms with Gasteiger partial charge in [-0.15, -0.1) is 0 Å². The molecule has 1 aromatic rings. The molecule has 0 saturated heterocycles. The molecule has 2 bridgehead atoms. The molecule has 0 spiro atoms. The highest BCUT2D eigenvalue weighted by Crippen LogP contribution is 2.66. The van der Waals surface area contributed by atoms with Gasteiger partial charge in [0.2, 0.25) is 0 Å². The molecule has 3 unspecified atom stereocenters. The van der Waals surface area contributed by atoms with Crippen LogP contribution in [0.1, 0.15) is 54.4 Å². The third-order valence-corrected chi connectivity index (χ3v) is 7.07. The molecule has 1 aromatic carbocycles. The van der Waals surface area contributed by atoms with E-state index in [4.69, 9.17) is 16.3 Å². The van der Waals surface area contributed by atoms with E-state index in [0.29, 0.717) is 0 Å². The van der Waals surface area contributed by atoms with Gasteiger partial charge in [0.25, 0.3) is 5.91 Å². The molecule has 6 nitrogen and oxygen atoms in total. The van der Waals surface area contributed by atoms with Crippen molar-refractivity contribution in [3.8, 4) is 0 Å². The number of rotatable bonds is 2. The van der Waals surface area contributed by atoms with E-state index in [0.717, 1.165) is 30.0 Å². The highest BCUT2D eigenvalue weighted by atomic mass is 35.5. The largest absolute Gasteiger partial charge is 0.443 e. The maximum Gasteiger partial charge on any atom is 0.427 e. The van der Waals surface area contributed by atoms with Crippen LogP contribution in [0.15, 0.2) is 18.2 Å². The van der Waals surface area contributed by atoms with Crippen molar-refractivity contribution >= 4 is 35.1 Å². The smallest absolute Gasteiger partial charge is 0.427 e. The molecule has 0 heterocycles. The van der Waals surface area contributed by atoms with Crippen LogP contribution in [-0.4, -0.2) is 23.4 Å². The summed E-state index contributed by atoms with van der Waals surface area (Å²) >= 11 is 6.18. The number of hydrazine groups is 1. The third kappa shape index (κ3) is 3.57. The van der Waals surface area contributed by atoms with Gasteiger partial charge in [0.05, 0.1) is 10.7 Å². The number of nitrogens with one attached hydrogen (secondary N) is 1. The standard InChI is InChI=1S/C22H28ClFN2O4/c1-20(2,3)30-19(29)25-26(15-8-7-12(24)11-14(15)23)18(28)16-13-9-10-22(6,17(16)27)21(13,4)5/h7-8,11,13,16H,9-10H2,1-6H3,(H,25,29). The average molecular weight is 439 g/mol. The third-order valence-electron chi connectivity index (χ3n) is 6.77. The van der Waals surface area contributed by atoms with E-state index < -0.39 is 34.8 Å². The first kappa shape index (κ1) is 22.5. The van der Waals surface area contributed by atoms with Gasteiger partial charge in [0, 0.05) is 5.41 Å². The van der Waals surface area contributed by atoms with Crippen molar-refractivity contribution < 1.29 is 23.5 Å². The molecular weight excluding hydrogens is 411 g/mol. The number of benzene rings is 1. The number of amides is 2. The van der Waals surface area contributed by atoms with Gasteiger partial charge in [-0.2, -0.15) is 0 Å². The first-order chi connectivity index (χ1) is 13.7. The molecule has 0 radical (unpaired) electrons. The molecule has 2 saturated carbocycles. The van der Waals surface area contributed by atoms with Gasteiger partial charge in [-0.05, 0) is 63.1 Å². The van der Waals surface area contributed by atoms with Crippen molar-refractivity contribution in [2.24, 2.45) is 22.7 Å². The van der Waals surface area contributed by atoms with Crippen molar-refractivity contribution in [1.82, 2.24) is 5.43 Å². The van der Waals surface area contributed by atoms with Gasteiger partial charge in [0.1, 0.15) is 17.3 Å². The molecule has 164 valence electrons. The van der Waals surface area contributed by atoms with Crippen LogP contribution in [0, 0.1) is 28.5 Å². The lowest BCUT2D eigenvalue weighted by Crippen LogP contribution is -2.53. The number of ketones is 1. The predicted octanol–water partition coefficient (Wildman–Crippen LogP) is 4.89. The van der Waals surface area contributed by atoms with Crippen molar-refractivity contribution in [1.29, 1.82) is 0 Å². The molecular formula is C22H28ClFN2O4. The molecule has 2 aliphatic carbocycles. The lowest BCUT2D eigenvalue weighted by molar-refractivity contribution is -0.138. The summed E-state index contributed by atoms with van der Waals surface area (Å²) in [5.74, 6) is -2.40. The summed E-state index contributed by atoms with van der Waals surface area (Å²) in [5.41, 5.74) is 0.723. The summed E-state index contributed by atoms with van der Waals surface area (Å²) in [6, 6.07) is 3.46. The quantitative estimate of drug-likeness (QED) is 0.526. The fourth-order valence-corrected chi connectivity index (χ4v) is 5.05. The monoisotopic (exact) mass is 438 g/mol. The second kappa shape index (κ2) is 7.22. The summed E-state index contributed by atoms with van der Waals surface area (Å²) in [5, 5.41) is 0.860. The molecule has 30 heavy (non-hydrogen) atoms. The first-order valence-corrected chi connectivity index (χ1v) is 10.4. The summed E-state index contributed by atoms with van der Waals surface area (Å²) < 4.78 is 18.9. The number of ether oxygens (including phenoxy) is 1. The zero-order chi connectivity index (χ0) is 22.6. The summed E-state index contributed by atoms with van der Waals surface area (Å²) in [7, 11) is 0. The maximum absolute atomic E-state index is 13.6. The summed E-state index contributed by atoms with van der Waals surface area (Å²) in [6.45, 7) is 11.0. The lowest BCUT2D eigenvalue weighted by Gasteiger charge is -2.32. The number of hydrogen-bond acceptors (Lipinski definition) is 4. The molecule has 0 aliphatic heterocycles. The van der Waals surface area contributed by atoms with Crippen LogP contribution in [0.5, 0.6) is 0 Å². The molecule has 3 atom stereocenters. The Bertz CT molecular complexity index is 911. The van der Waals surface area contributed by atoms with Crippen LogP contribution in [0.4, 0.5) is 14.9 Å². The molecule has 2 amide bonds. The van der Waals surface area contributed by atoms with E-state index in [1.54, 1.807) is 20.8 Å². The van der Waals surface area contributed by atoms with Gasteiger partial charge in [-0.1, -0.05) is 32.4 Å². The number of fused-ring (bicyclic) bond motifs is 2. The Morgan fingerprint density at radius 1 is 1.27 bits per heavy atom. The highest BCUT2D eigenvalue weighted by Gasteiger charge is 2.68. The molecule has 2 aliphatic rings. The highest BCUT2D eigenvalue weighted by molar-refractivity contribution is 6.34. The molecule has 2 fully saturated rings. The minimum Gasteiger partial charge on any atom is -0.443 e. The van der Waals surface area contributed by atoms with Gasteiger partial charge >= 0.3 is 6.09 Å². The fourth-order valence-electron chi connectivity index (χ4n) is 4.80. The normalized spacial score (nSPS) is 27.1. The van der Waals surface area contributed by atoms with E-state index in [-0.39, 0.29) is 27.8 Å². The first-order valence-electron chi connectivity index (χ1n) is 10.0. The Kier molecular flexibility index (Phi) is 5.42. The lowest BCUT2D eigenvalue weighted by atomic mass is 9.70. The minimum absolute atomic E-state index is 0.0690. The van der Waals surface area contributed by atoms with Crippen LogP contribution < -0.4 is 10.4 Å². The minimum atomic E-state index is -0.921. The second-order valence-corrected chi connectivity index (χ2v) is 10.3. The molecule has 8 heteroatoms. The van der Waals surface area contributed by atoms with Crippen molar-refractivity contribution in [3.63, 3.8) is 0 Å². The van der Waals surface area contributed by atoms with E-state index in [9.17, 15) is 18.8 Å². The van der Waals surface area contributed by atoms with E-state index >= 15 is 0 Å². The number of nitrogens with zero attached hydrogens (tertiary/aromatic N) is 1. The zero-order valence-electron chi connectivity index (χ0n) is 18.1. The van der Waals surface area contributed by atoms with Crippen molar-refractivity contribution in [3.05, 3.63) is 29.0 Å². The predicted molar refractivity (Wildman–Crippen MR) is 111 cm³/mol. The number of Topliss-reactive ketones (excluding diaryl/α,β-unsaturated/α-hetero) is 1. The Morgan fingerprint density at radius 2 is 1.90 bits per heavy atom. The Morgan fingerprint density at radius 3 is 2.40 bits per heavy atom. The summed E-state index contributed by atoms with van der Waals surface area (Å²) in [6.07, 6.45) is 0.588. The second-order valence-electron chi connectivity index (χ2n) is 9.92. The summed E-state index contributed by atoms with van der Waals surface area (Å²) in [4.78, 5) is 39.3. The van der Waals surface area contributed by atoms with Crippen LogP contribution in [0.2, 0.25) is 5.02 Å². The maximum atomic E-state index is 13.6. The van der Waals surface area contributed by atoms with Crippen molar-refractivity contribution in [2.45, 2.75) is 60.0 Å². The Balaban J connectivity index is 1.99. The van der Waals surface area contributed by atoms with Gasteiger partial charge in [-0.3, -0.25) is 9.59 Å². The SMILES string of the molecule is CC(C)(C)OC(=O)NN(C(=O)C1C(=O)C2(C)CCC1C2(C)C)c1ccc(F)cc1Cl. The van der Waals surface area contributed by atoms with Crippen LogP contribution >= 0.6 is 11.6 Å². The molecule has 0 aromatic heterocycles. The number of hydrogen-bond donors (Lipinski definition) is 1.